The zero-order chi connectivity index (χ0) is 2.00. The van der Waals surface area contributed by atoms with Crippen LogP contribution in [0, 0.1) is 0 Å². The van der Waals surface area contributed by atoms with E-state index in [2.05, 4.69) is 0 Å². The van der Waals surface area contributed by atoms with Crippen LogP contribution >= 0.6 is 13.5 Å². The molecule has 0 aromatic heterocycles. The van der Waals surface area contributed by atoms with E-state index in [0.717, 1.165) is 0 Å². The summed E-state index contributed by atoms with van der Waals surface area (Å²) in [6, 6.07) is 0. The molecular formula is H6O3S. The minimum absolute atomic E-state index is 0. The van der Waals surface area contributed by atoms with Crippen LogP contribution in [0.1, 0.15) is 0 Å². The summed E-state index contributed by atoms with van der Waals surface area (Å²) >= 11 is 0. The lowest BCUT2D eigenvalue weighted by Crippen LogP contribution is -1.29. The molecule has 0 aromatic rings. The van der Waals surface area contributed by atoms with E-state index < -0.39 is 0 Å². The van der Waals surface area contributed by atoms with Gasteiger partial charge in [-0.05, 0) is 0 Å². The van der Waals surface area contributed by atoms with Crippen molar-refractivity contribution in [3.63, 3.8) is 0 Å². The predicted octanol–water partition coefficient (Wildman–Crippen LogP) is -0.695. The van der Waals surface area contributed by atoms with E-state index in [-0.39, 0.29) is 19.0 Å². The number of hydrogen-bond donors (Lipinski definition) is 2. The molecule has 4 heteroatoms. The van der Waals surface area contributed by atoms with Crippen molar-refractivity contribution >= 4 is 13.5 Å². The van der Waals surface area contributed by atoms with E-state index in [0.29, 0.717) is 0 Å². The molecule has 0 bridgehead atoms. The molecule has 0 aliphatic heterocycles. The second-order valence-corrected chi connectivity index (χ2v) is 0. The molecule has 0 rings (SSSR count). The van der Waals surface area contributed by atoms with Crippen molar-refractivity contribution < 1.29 is 16.0 Å². The molecule has 30 valence electrons. The molecule has 4 heavy (non-hydrogen) atoms. The van der Waals surface area contributed by atoms with Gasteiger partial charge in [-0.1, -0.05) is 0 Å². The van der Waals surface area contributed by atoms with Crippen molar-refractivity contribution in [3.8, 4) is 0 Å². The van der Waals surface area contributed by atoms with Gasteiger partial charge in [0, 0.05) is 0 Å². The average Bonchev–Trinajstić information content (AvgIpc) is 1.00. The molecule has 0 saturated heterocycles. The monoisotopic (exact) mass is 86.0 g/mol. The molecule has 0 spiro atoms. The molecule has 0 radical (unpaired) electrons. The molecule has 0 aliphatic carbocycles. The van der Waals surface area contributed by atoms with Crippen LogP contribution in [0.25, 0.3) is 0 Å². The highest BCUT2D eigenvalue weighted by Crippen LogP contribution is 0.711. The van der Waals surface area contributed by atoms with Crippen LogP contribution in [-0.2, 0) is 0 Å². The van der Waals surface area contributed by atoms with Gasteiger partial charge < -0.3 is 5.48 Å². The van der Waals surface area contributed by atoms with Gasteiger partial charge in [-0.25, -0.2) is 0 Å². The summed E-state index contributed by atoms with van der Waals surface area (Å²) in [4.78, 5) is 0. The van der Waals surface area contributed by atoms with Crippen LogP contribution in [0.15, 0.2) is 0 Å². The first-order valence-corrected chi connectivity index (χ1v) is 0.200. The smallest absolute Gasteiger partial charge is 0.197 e. The summed E-state index contributed by atoms with van der Waals surface area (Å²) in [7, 11) is 0. The van der Waals surface area contributed by atoms with Crippen LogP contribution in [0.4, 0.5) is 0 Å². The average molecular weight is 86.1 g/mol. The fourth-order valence-electron chi connectivity index (χ4n) is 0. The first kappa shape index (κ1) is 29.2. The third-order valence-electron chi connectivity index (χ3n) is 0. The second-order valence-electron chi connectivity index (χ2n) is 0. The lowest BCUT2D eigenvalue weighted by molar-refractivity contribution is -0.176. The normalized spacial score (nSPS) is 1.50. The Balaban J connectivity index is -0.00000000500. The van der Waals surface area contributed by atoms with Crippen molar-refractivity contribution in [3.05, 3.63) is 0 Å². The van der Waals surface area contributed by atoms with Gasteiger partial charge in [0.25, 0.3) is 0 Å². The summed E-state index contributed by atoms with van der Waals surface area (Å²) in [5, 5.41) is 12.0. The Hall–Kier alpha value is 0.230. The Bertz CT molecular complexity index is 3.25. The molecule has 0 aliphatic rings. The topological polar surface area (TPSA) is 72.0 Å². The van der Waals surface area contributed by atoms with Crippen LogP contribution in [0.5, 0.6) is 0 Å². The van der Waals surface area contributed by atoms with Crippen LogP contribution in [-0.4, -0.2) is 16.0 Å². The largest absolute Gasteiger partial charge is 0.412 e. The van der Waals surface area contributed by atoms with Crippen molar-refractivity contribution in [1.29, 1.82) is 0 Å². The zero-order valence-corrected chi connectivity index (χ0v) is 2.89. The van der Waals surface area contributed by atoms with Crippen molar-refractivity contribution in [2.75, 3.05) is 0 Å². The maximum Gasteiger partial charge on any atom is -0.197 e. The number of hydrogen-bond acceptors (Lipinski definition) is 2. The fraction of sp³-hybridized carbons (Fsp3) is 0. The molecule has 0 aromatic carbocycles. The highest BCUT2D eigenvalue weighted by Gasteiger charge is 0.745. The lowest BCUT2D eigenvalue weighted by Gasteiger charge is -1.25. The molecule has 0 amide bonds. The standard InChI is InChI=1S/H2O2.H2O.H2S/c1-2;;/h1-2H;2*1H2. The second kappa shape index (κ2) is 304. The van der Waals surface area contributed by atoms with Gasteiger partial charge in [0.1, 0.15) is 0 Å². The Morgan fingerprint density at radius 1 is 1.00 bits per heavy atom. The van der Waals surface area contributed by atoms with Gasteiger partial charge in [-0.3, -0.25) is 10.5 Å². The fourth-order valence-corrected chi connectivity index (χ4v) is 0. The Kier molecular flexibility index (Phi) is 2210. The summed E-state index contributed by atoms with van der Waals surface area (Å²) < 4.78 is 0. The predicted molar refractivity (Wildman–Crippen MR) is 19.3 cm³/mol. The number of rotatable bonds is 0. The van der Waals surface area contributed by atoms with Gasteiger partial charge in [0.2, 0.25) is 0 Å². The Morgan fingerprint density at radius 3 is 1.00 bits per heavy atom. The molecule has 0 heterocycles. The first-order chi connectivity index (χ1) is 1.00. The highest BCUT2D eigenvalue weighted by molar-refractivity contribution is 7.59. The van der Waals surface area contributed by atoms with E-state index in [1.807, 2.05) is 0 Å². The molecule has 0 atom stereocenters. The van der Waals surface area contributed by atoms with Crippen LogP contribution < -0.4 is 0 Å². The maximum absolute atomic E-state index is 6.00. The third-order valence-corrected chi connectivity index (χ3v) is 0. The summed E-state index contributed by atoms with van der Waals surface area (Å²) in [6.45, 7) is 0. The van der Waals surface area contributed by atoms with Crippen LogP contribution in [0.2, 0.25) is 0 Å². The minimum atomic E-state index is 0. The van der Waals surface area contributed by atoms with E-state index >= 15 is 0 Å². The van der Waals surface area contributed by atoms with Gasteiger partial charge in [0.15, 0.2) is 0 Å². The minimum Gasteiger partial charge on any atom is -0.412 e. The van der Waals surface area contributed by atoms with Crippen LogP contribution in [0.3, 0.4) is 0 Å². The summed E-state index contributed by atoms with van der Waals surface area (Å²) in [5.41, 5.74) is 0. The summed E-state index contributed by atoms with van der Waals surface area (Å²) in [5.74, 6) is 0. The van der Waals surface area contributed by atoms with E-state index in [1.54, 1.807) is 0 Å². The molecule has 0 fully saturated rings. The molecule has 4 N–H and O–H groups in total. The molecule has 3 nitrogen and oxygen atoms in total. The van der Waals surface area contributed by atoms with E-state index in [9.17, 15) is 0 Å². The van der Waals surface area contributed by atoms with Crippen molar-refractivity contribution in [2.45, 2.75) is 0 Å². The van der Waals surface area contributed by atoms with E-state index in [4.69, 9.17) is 10.5 Å². The Morgan fingerprint density at radius 2 is 1.00 bits per heavy atom. The molecular weight excluding hydrogens is 80.1 g/mol. The van der Waals surface area contributed by atoms with Gasteiger partial charge in [0.05, 0.1) is 0 Å². The van der Waals surface area contributed by atoms with Crippen molar-refractivity contribution in [2.24, 2.45) is 0 Å². The third kappa shape index (κ3) is 63.8. The van der Waals surface area contributed by atoms with Gasteiger partial charge in [-0.15, -0.1) is 0 Å². The summed E-state index contributed by atoms with van der Waals surface area (Å²) in [6.07, 6.45) is 0. The maximum atomic E-state index is 6.00. The van der Waals surface area contributed by atoms with Crippen molar-refractivity contribution in [1.82, 2.24) is 0 Å². The SMILES string of the molecule is O.OO.S. The van der Waals surface area contributed by atoms with Gasteiger partial charge >= 0.3 is 0 Å². The Labute approximate surface area is 30.6 Å². The lowest BCUT2D eigenvalue weighted by atomic mass is 15.0. The zero-order valence-electron chi connectivity index (χ0n) is 1.89. The van der Waals surface area contributed by atoms with Gasteiger partial charge in [-0.2, -0.15) is 13.5 Å². The molecule has 0 unspecified atom stereocenters. The molecule has 0 saturated carbocycles. The first-order valence-electron chi connectivity index (χ1n) is 0.200. The highest BCUT2D eigenvalue weighted by atomic mass is 32.1. The van der Waals surface area contributed by atoms with E-state index in [1.165, 1.54) is 0 Å². The quantitative estimate of drug-likeness (QED) is 0.302.